The number of anilines is 2. The molecule has 0 aliphatic carbocycles. The molecule has 2 N–H and O–H groups in total. The van der Waals surface area contributed by atoms with Crippen molar-refractivity contribution in [3.05, 3.63) is 83.8 Å². The van der Waals surface area contributed by atoms with E-state index in [9.17, 15) is 9.18 Å². The van der Waals surface area contributed by atoms with E-state index in [1.807, 2.05) is 24.3 Å². The van der Waals surface area contributed by atoms with E-state index < -0.39 is 0 Å². The minimum absolute atomic E-state index is 0.183. The monoisotopic (exact) mass is 365 g/mol. The van der Waals surface area contributed by atoms with Gasteiger partial charge in [-0.2, -0.15) is 0 Å². The van der Waals surface area contributed by atoms with E-state index in [4.69, 9.17) is 4.74 Å². The first-order valence-electron chi connectivity index (χ1n) is 8.54. The first-order chi connectivity index (χ1) is 13.1. The summed E-state index contributed by atoms with van der Waals surface area (Å²) in [4.78, 5) is 16.6. The van der Waals surface area contributed by atoms with Gasteiger partial charge >= 0.3 is 0 Å². The molecule has 1 heterocycles. The van der Waals surface area contributed by atoms with Gasteiger partial charge in [0.1, 0.15) is 17.4 Å². The van der Waals surface area contributed by atoms with Crippen molar-refractivity contribution < 1.29 is 13.9 Å². The summed E-state index contributed by atoms with van der Waals surface area (Å²) in [5.74, 6) is 0.892. The Kier molecular flexibility index (Phi) is 5.99. The molecule has 0 unspecified atom stereocenters. The summed E-state index contributed by atoms with van der Waals surface area (Å²) >= 11 is 0. The van der Waals surface area contributed by atoms with Crippen LogP contribution < -0.4 is 15.4 Å². The summed E-state index contributed by atoms with van der Waals surface area (Å²) in [5, 5.41) is 6.02. The lowest BCUT2D eigenvalue weighted by molar-refractivity contribution is 0.0954. The minimum Gasteiger partial charge on any atom is -0.497 e. The molecule has 0 saturated carbocycles. The van der Waals surface area contributed by atoms with Gasteiger partial charge in [0.15, 0.2) is 0 Å². The molecule has 27 heavy (non-hydrogen) atoms. The quantitative estimate of drug-likeness (QED) is 0.666. The second-order valence-corrected chi connectivity index (χ2v) is 5.92. The Morgan fingerprint density at radius 2 is 1.81 bits per heavy atom. The van der Waals surface area contributed by atoms with Crippen molar-refractivity contribution in [2.45, 2.75) is 6.42 Å². The van der Waals surface area contributed by atoms with Crippen LogP contribution >= 0.6 is 0 Å². The highest BCUT2D eigenvalue weighted by atomic mass is 19.1. The predicted molar refractivity (Wildman–Crippen MR) is 103 cm³/mol. The summed E-state index contributed by atoms with van der Waals surface area (Å²) < 4.78 is 18.0. The SMILES string of the molecule is COc1ccc(Nc2cc(C(=O)NCCc3ccc(F)cc3)ccn2)cc1. The van der Waals surface area contributed by atoms with Crippen LogP contribution in [0, 0.1) is 5.82 Å². The molecular weight excluding hydrogens is 345 g/mol. The van der Waals surface area contributed by atoms with Gasteiger partial charge in [0.2, 0.25) is 0 Å². The van der Waals surface area contributed by atoms with Gasteiger partial charge in [0.05, 0.1) is 7.11 Å². The lowest BCUT2D eigenvalue weighted by atomic mass is 10.1. The van der Waals surface area contributed by atoms with Crippen LogP contribution in [0.3, 0.4) is 0 Å². The molecule has 0 bridgehead atoms. The molecule has 0 fully saturated rings. The van der Waals surface area contributed by atoms with Crippen LogP contribution in [0.15, 0.2) is 66.9 Å². The maximum Gasteiger partial charge on any atom is 0.251 e. The normalized spacial score (nSPS) is 10.3. The lowest BCUT2D eigenvalue weighted by Gasteiger charge is -2.09. The average Bonchev–Trinajstić information content (AvgIpc) is 2.70. The van der Waals surface area contributed by atoms with Gasteiger partial charge in [-0.1, -0.05) is 12.1 Å². The third-order valence-electron chi connectivity index (χ3n) is 4.00. The summed E-state index contributed by atoms with van der Waals surface area (Å²) in [6.07, 6.45) is 2.22. The molecule has 3 aromatic rings. The molecule has 0 radical (unpaired) electrons. The van der Waals surface area contributed by atoms with Crippen LogP contribution in [-0.4, -0.2) is 24.5 Å². The number of benzene rings is 2. The Hall–Kier alpha value is -3.41. The summed E-state index contributed by atoms with van der Waals surface area (Å²) in [5.41, 5.74) is 2.32. The van der Waals surface area contributed by atoms with Gasteiger partial charge in [-0.15, -0.1) is 0 Å². The smallest absolute Gasteiger partial charge is 0.251 e. The standard InChI is InChI=1S/C21H20FN3O2/c1-27-19-8-6-18(7-9-19)25-20-14-16(11-13-23-20)21(26)24-12-10-15-2-4-17(22)5-3-15/h2-9,11,13-14H,10,12H2,1H3,(H,23,25)(H,24,26). The molecule has 2 aromatic carbocycles. The highest BCUT2D eigenvalue weighted by Crippen LogP contribution is 2.19. The number of ether oxygens (including phenoxy) is 1. The van der Waals surface area contributed by atoms with Gasteiger partial charge in [0, 0.05) is 24.0 Å². The minimum atomic E-state index is -0.267. The number of nitrogens with one attached hydrogen (secondary N) is 2. The Balaban J connectivity index is 1.56. The van der Waals surface area contributed by atoms with Crippen LogP contribution in [0.5, 0.6) is 5.75 Å². The second kappa shape index (κ2) is 8.80. The summed E-state index contributed by atoms with van der Waals surface area (Å²) in [6, 6.07) is 17.0. The van der Waals surface area contributed by atoms with Crippen molar-refractivity contribution in [3.8, 4) is 5.75 Å². The van der Waals surface area contributed by atoms with E-state index in [0.29, 0.717) is 24.3 Å². The van der Waals surface area contributed by atoms with E-state index >= 15 is 0 Å². The summed E-state index contributed by atoms with van der Waals surface area (Å²) in [6.45, 7) is 0.466. The zero-order chi connectivity index (χ0) is 19.1. The largest absolute Gasteiger partial charge is 0.497 e. The molecular formula is C21H20FN3O2. The van der Waals surface area contributed by atoms with E-state index in [0.717, 1.165) is 17.0 Å². The molecule has 1 aromatic heterocycles. The van der Waals surface area contributed by atoms with Gasteiger partial charge in [-0.25, -0.2) is 9.37 Å². The van der Waals surface area contributed by atoms with Gasteiger partial charge in [-0.05, 0) is 60.5 Å². The highest BCUT2D eigenvalue weighted by Gasteiger charge is 2.07. The van der Waals surface area contributed by atoms with Crippen LogP contribution in [-0.2, 0) is 6.42 Å². The first-order valence-corrected chi connectivity index (χ1v) is 8.54. The van der Waals surface area contributed by atoms with Crippen molar-refractivity contribution in [1.82, 2.24) is 10.3 Å². The highest BCUT2D eigenvalue weighted by molar-refractivity contribution is 5.94. The van der Waals surface area contributed by atoms with Crippen LogP contribution in [0.1, 0.15) is 15.9 Å². The first kappa shape index (κ1) is 18.4. The molecule has 0 aliphatic rings. The Labute approximate surface area is 157 Å². The van der Waals surface area contributed by atoms with Crippen LogP contribution in [0.2, 0.25) is 0 Å². The van der Waals surface area contributed by atoms with Crippen LogP contribution in [0.25, 0.3) is 0 Å². The molecule has 0 atom stereocenters. The number of nitrogens with zero attached hydrogens (tertiary/aromatic N) is 1. The Morgan fingerprint density at radius 3 is 2.52 bits per heavy atom. The van der Waals surface area contributed by atoms with Crippen molar-refractivity contribution >= 4 is 17.4 Å². The van der Waals surface area contributed by atoms with Crippen molar-refractivity contribution in [2.75, 3.05) is 19.0 Å². The zero-order valence-corrected chi connectivity index (χ0v) is 14.9. The maximum absolute atomic E-state index is 12.9. The van der Waals surface area contributed by atoms with Gasteiger partial charge in [0.25, 0.3) is 5.91 Å². The number of pyridine rings is 1. The predicted octanol–water partition coefficient (Wildman–Crippen LogP) is 3.95. The molecule has 5 nitrogen and oxygen atoms in total. The van der Waals surface area contributed by atoms with Gasteiger partial charge in [-0.3, -0.25) is 4.79 Å². The third-order valence-corrected chi connectivity index (χ3v) is 4.00. The van der Waals surface area contributed by atoms with E-state index in [1.165, 1.54) is 12.1 Å². The molecule has 138 valence electrons. The van der Waals surface area contributed by atoms with Crippen molar-refractivity contribution in [2.24, 2.45) is 0 Å². The molecule has 0 aliphatic heterocycles. The number of carbonyl (C=O) groups excluding carboxylic acids is 1. The Morgan fingerprint density at radius 1 is 1.07 bits per heavy atom. The van der Waals surface area contributed by atoms with Crippen molar-refractivity contribution in [3.63, 3.8) is 0 Å². The van der Waals surface area contributed by atoms with Crippen molar-refractivity contribution in [1.29, 1.82) is 0 Å². The molecule has 0 spiro atoms. The van der Waals surface area contributed by atoms with Gasteiger partial charge < -0.3 is 15.4 Å². The topological polar surface area (TPSA) is 63.2 Å². The molecule has 0 saturated heterocycles. The molecule has 1 amide bonds. The average molecular weight is 365 g/mol. The Bertz CT molecular complexity index is 896. The number of rotatable bonds is 7. The van der Waals surface area contributed by atoms with Crippen LogP contribution in [0.4, 0.5) is 15.9 Å². The fraction of sp³-hybridized carbons (Fsp3) is 0.143. The zero-order valence-electron chi connectivity index (χ0n) is 14.9. The van der Waals surface area contributed by atoms with E-state index in [1.54, 1.807) is 37.6 Å². The number of hydrogen-bond acceptors (Lipinski definition) is 4. The maximum atomic E-state index is 12.9. The number of methoxy groups -OCH3 is 1. The number of aromatic nitrogens is 1. The van der Waals surface area contributed by atoms with E-state index in [2.05, 4.69) is 15.6 Å². The van der Waals surface area contributed by atoms with E-state index in [-0.39, 0.29) is 11.7 Å². The summed E-state index contributed by atoms with van der Waals surface area (Å²) in [7, 11) is 1.61. The number of hydrogen-bond donors (Lipinski definition) is 2. The molecule has 3 rings (SSSR count). The number of carbonyl (C=O) groups is 1. The third kappa shape index (κ3) is 5.28. The fourth-order valence-corrected chi connectivity index (χ4v) is 2.54. The fourth-order valence-electron chi connectivity index (χ4n) is 2.54. The lowest BCUT2D eigenvalue weighted by Crippen LogP contribution is -2.25. The number of amides is 1. The molecule has 6 heteroatoms. The number of halogens is 1. The second-order valence-electron chi connectivity index (χ2n) is 5.92.